The molecule has 2 aliphatic heterocycles. The zero-order valence-corrected chi connectivity index (χ0v) is 22.5. The molecule has 1 fully saturated rings. The first-order valence-electron chi connectivity index (χ1n) is 13.2. The van der Waals surface area contributed by atoms with E-state index in [-0.39, 0.29) is 23.0 Å². The molecule has 7 nitrogen and oxygen atoms in total. The normalized spacial score (nSPS) is 22.7. The molecule has 2 amide bonds. The number of thiazole rings is 1. The zero-order valence-electron chi connectivity index (χ0n) is 21.6. The van der Waals surface area contributed by atoms with E-state index in [1.165, 1.54) is 11.3 Å². The van der Waals surface area contributed by atoms with Crippen molar-refractivity contribution in [1.29, 1.82) is 0 Å². The Morgan fingerprint density at radius 3 is 2.74 bits per heavy atom. The molecule has 11 heteroatoms. The molecule has 1 aromatic heterocycles. The number of nitrogens with one attached hydrogen (secondary N) is 1. The van der Waals surface area contributed by atoms with Crippen molar-refractivity contribution in [1.82, 2.24) is 20.1 Å². The fourth-order valence-corrected chi connectivity index (χ4v) is 6.58. The van der Waals surface area contributed by atoms with Crippen LogP contribution in [0, 0.1) is 5.92 Å². The number of nitrogens with zero attached hydrogens (tertiary/aromatic N) is 3. The van der Waals surface area contributed by atoms with Gasteiger partial charge in [0.25, 0.3) is 17.0 Å². The number of fused-ring (bicyclic) bond motifs is 2. The number of hydrogen-bond acceptors (Lipinski definition) is 6. The number of carbonyl (C=O) groups is 2. The minimum atomic E-state index is -4.40. The van der Waals surface area contributed by atoms with Crippen molar-refractivity contribution in [3.8, 4) is 5.19 Å². The summed E-state index contributed by atoms with van der Waals surface area (Å²) in [7, 11) is 1.75. The van der Waals surface area contributed by atoms with Gasteiger partial charge in [-0.1, -0.05) is 17.4 Å². The van der Waals surface area contributed by atoms with Crippen LogP contribution < -0.4 is 10.1 Å². The maximum Gasteiger partial charge on any atom is 0.425 e. The Bertz CT molecular complexity index is 1190. The van der Waals surface area contributed by atoms with Crippen LogP contribution in [0.1, 0.15) is 75.9 Å². The van der Waals surface area contributed by atoms with Gasteiger partial charge in [-0.2, -0.15) is 13.2 Å². The third-order valence-corrected chi connectivity index (χ3v) is 9.00. The van der Waals surface area contributed by atoms with Crippen molar-refractivity contribution < 1.29 is 27.5 Å². The van der Waals surface area contributed by atoms with Crippen LogP contribution in [0.25, 0.3) is 0 Å². The number of alkyl halides is 3. The predicted octanol–water partition coefficient (Wildman–Crippen LogP) is 4.80. The van der Waals surface area contributed by atoms with Crippen LogP contribution in [0.15, 0.2) is 18.2 Å². The molecule has 3 heterocycles. The van der Waals surface area contributed by atoms with Gasteiger partial charge in [-0.05, 0) is 75.6 Å². The molecule has 1 N–H and O–H groups in total. The maximum atomic E-state index is 13.0. The van der Waals surface area contributed by atoms with Gasteiger partial charge in [-0.3, -0.25) is 14.5 Å². The summed E-state index contributed by atoms with van der Waals surface area (Å²) < 4.78 is 43.5. The second kappa shape index (κ2) is 10.8. The van der Waals surface area contributed by atoms with Crippen molar-refractivity contribution >= 4 is 23.2 Å². The lowest BCUT2D eigenvalue weighted by Crippen LogP contribution is -2.38. The van der Waals surface area contributed by atoms with Crippen LogP contribution >= 0.6 is 11.3 Å². The van der Waals surface area contributed by atoms with Crippen LogP contribution in [0.4, 0.5) is 13.2 Å². The highest BCUT2D eigenvalue weighted by atomic mass is 32.1. The number of benzene rings is 1. The van der Waals surface area contributed by atoms with Crippen LogP contribution in [0.3, 0.4) is 0 Å². The molecule has 1 unspecified atom stereocenters. The summed E-state index contributed by atoms with van der Waals surface area (Å²) in [5, 5.41) is 3.29. The second-order valence-corrected chi connectivity index (χ2v) is 11.7. The first-order chi connectivity index (χ1) is 18.1. The number of hydrogen-bond donors (Lipinski definition) is 1. The summed E-state index contributed by atoms with van der Waals surface area (Å²) >= 11 is 1.22. The van der Waals surface area contributed by atoms with E-state index in [0.29, 0.717) is 30.1 Å². The van der Waals surface area contributed by atoms with Gasteiger partial charge >= 0.3 is 6.18 Å². The van der Waals surface area contributed by atoms with Crippen molar-refractivity contribution in [2.45, 2.75) is 76.9 Å². The average Bonchev–Trinajstić information content (AvgIpc) is 3.41. The number of ether oxygens (including phenoxy) is 1. The first-order valence-corrected chi connectivity index (χ1v) is 14.0. The lowest BCUT2D eigenvalue weighted by molar-refractivity contribution is -0.189. The molecule has 1 atom stereocenters. The lowest BCUT2D eigenvalue weighted by Gasteiger charge is -2.32. The molecule has 1 aromatic carbocycles. The van der Waals surface area contributed by atoms with Gasteiger partial charge in [0.1, 0.15) is 0 Å². The summed E-state index contributed by atoms with van der Waals surface area (Å²) in [4.78, 5) is 34.5. The van der Waals surface area contributed by atoms with Gasteiger partial charge < -0.3 is 15.0 Å². The van der Waals surface area contributed by atoms with E-state index in [0.717, 1.165) is 74.7 Å². The summed E-state index contributed by atoms with van der Waals surface area (Å²) in [6, 6.07) is 5.48. The van der Waals surface area contributed by atoms with Gasteiger partial charge in [0, 0.05) is 48.7 Å². The van der Waals surface area contributed by atoms with E-state index >= 15 is 0 Å². The van der Waals surface area contributed by atoms with Crippen molar-refractivity contribution in [3.63, 3.8) is 0 Å². The fourth-order valence-electron chi connectivity index (χ4n) is 5.60. The van der Waals surface area contributed by atoms with Crippen LogP contribution in [-0.2, 0) is 19.5 Å². The standard InChI is InChI=1S/C27H33F3N4O3S/c1-16(27(28,29)30)37-26-32-22-15-34(13-11-23(22)38-26)12-10-17-6-8-18(9-7-17)31-24(35)19-4-3-5-20-21(19)14-33(2)25(20)36/h3-5,16-18H,6-15H2,1-2H3,(H,31,35). The number of rotatable bonds is 7. The molecule has 1 aliphatic carbocycles. The van der Waals surface area contributed by atoms with Crippen LogP contribution in [0.5, 0.6) is 5.19 Å². The van der Waals surface area contributed by atoms with E-state index in [2.05, 4.69) is 15.2 Å². The summed E-state index contributed by atoms with van der Waals surface area (Å²) in [6.45, 7) is 3.89. The van der Waals surface area contributed by atoms with E-state index < -0.39 is 12.3 Å². The maximum absolute atomic E-state index is 13.0. The molecular formula is C27H33F3N4O3S. The molecule has 0 saturated heterocycles. The smallest absolute Gasteiger partial charge is 0.425 e. The zero-order chi connectivity index (χ0) is 27.0. The monoisotopic (exact) mass is 550 g/mol. The minimum Gasteiger partial charge on any atom is -0.457 e. The molecule has 3 aliphatic rings. The summed E-state index contributed by atoms with van der Waals surface area (Å²) in [5.74, 6) is 0.437. The molecule has 206 valence electrons. The van der Waals surface area contributed by atoms with Gasteiger partial charge in [0.2, 0.25) is 0 Å². The van der Waals surface area contributed by atoms with Gasteiger partial charge in [0.15, 0.2) is 6.10 Å². The Kier molecular flexibility index (Phi) is 7.68. The van der Waals surface area contributed by atoms with Crippen molar-refractivity contribution in [3.05, 3.63) is 45.5 Å². The molecule has 0 radical (unpaired) electrons. The third-order valence-electron chi connectivity index (χ3n) is 7.95. The minimum absolute atomic E-state index is 0.0420. The highest BCUT2D eigenvalue weighted by Gasteiger charge is 2.39. The fraction of sp³-hybridized carbons (Fsp3) is 0.593. The largest absolute Gasteiger partial charge is 0.457 e. The number of halogens is 3. The molecule has 38 heavy (non-hydrogen) atoms. The summed E-state index contributed by atoms with van der Waals surface area (Å²) in [5.41, 5.74) is 2.85. The Morgan fingerprint density at radius 2 is 2.00 bits per heavy atom. The number of aromatic nitrogens is 1. The molecular weight excluding hydrogens is 517 g/mol. The van der Waals surface area contributed by atoms with Crippen molar-refractivity contribution in [2.24, 2.45) is 5.92 Å². The van der Waals surface area contributed by atoms with Gasteiger partial charge in [-0.25, -0.2) is 4.98 Å². The number of amides is 2. The van der Waals surface area contributed by atoms with E-state index in [9.17, 15) is 22.8 Å². The molecule has 2 aromatic rings. The van der Waals surface area contributed by atoms with Gasteiger partial charge in [-0.15, -0.1) is 0 Å². The molecule has 0 spiro atoms. The average molecular weight is 551 g/mol. The molecule has 1 saturated carbocycles. The SMILES string of the molecule is CC(Oc1nc2c(s1)CCN(CCC1CCC(NC(=O)c3cccc4c3CN(C)C4=O)CC1)C2)C(F)(F)F. The topological polar surface area (TPSA) is 74.8 Å². The predicted molar refractivity (Wildman–Crippen MR) is 137 cm³/mol. The van der Waals surface area contributed by atoms with Crippen LogP contribution in [0.2, 0.25) is 0 Å². The Hall–Kier alpha value is -2.66. The van der Waals surface area contributed by atoms with Crippen LogP contribution in [-0.4, -0.2) is 65.1 Å². The highest BCUT2D eigenvalue weighted by Crippen LogP contribution is 2.34. The third kappa shape index (κ3) is 5.83. The second-order valence-electron chi connectivity index (χ2n) is 10.7. The Labute approximate surface area is 224 Å². The Morgan fingerprint density at radius 1 is 1.24 bits per heavy atom. The lowest BCUT2D eigenvalue weighted by atomic mass is 9.83. The van der Waals surface area contributed by atoms with Gasteiger partial charge in [0.05, 0.1) is 5.69 Å². The molecule has 5 rings (SSSR count). The van der Waals surface area contributed by atoms with E-state index in [1.54, 1.807) is 30.1 Å². The van der Waals surface area contributed by atoms with E-state index in [1.807, 2.05) is 0 Å². The van der Waals surface area contributed by atoms with E-state index in [4.69, 9.17) is 4.74 Å². The molecule has 0 bridgehead atoms. The highest BCUT2D eigenvalue weighted by molar-refractivity contribution is 7.13. The quantitative estimate of drug-likeness (QED) is 0.537. The number of carbonyl (C=O) groups excluding carboxylic acids is 2. The summed E-state index contributed by atoms with van der Waals surface area (Å²) in [6.07, 6.45) is -0.499. The first kappa shape index (κ1) is 26.9. The Balaban J connectivity index is 1.06. The van der Waals surface area contributed by atoms with Crippen molar-refractivity contribution in [2.75, 3.05) is 20.1 Å².